The van der Waals surface area contributed by atoms with Crippen LogP contribution in [0.15, 0.2) is 48.3 Å². The van der Waals surface area contributed by atoms with Crippen molar-refractivity contribution in [3.05, 3.63) is 54.0 Å². The summed E-state index contributed by atoms with van der Waals surface area (Å²) in [6.07, 6.45) is 9.20. The fourth-order valence-corrected chi connectivity index (χ4v) is 5.21. The third-order valence-corrected chi connectivity index (χ3v) is 6.09. The quantitative estimate of drug-likeness (QED) is 0.724. The molecule has 3 N–H and O–H groups in total. The normalized spacial score (nSPS) is 22.3. The zero-order valence-electron chi connectivity index (χ0n) is 19.0. The van der Waals surface area contributed by atoms with Crippen LogP contribution >= 0.6 is 0 Å². The van der Waals surface area contributed by atoms with Gasteiger partial charge in [0.05, 0.1) is 11.7 Å². The van der Waals surface area contributed by atoms with Crippen LogP contribution in [0.3, 0.4) is 0 Å². The van der Waals surface area contributed by atoms with E-state index in [0.717, 1.165) is 42.6 Å². The maximum absolute atomic E-state index is 13.3. The first-order chi connectivity index (χ1) is 14.6. The fourth-order valence-electron chi connectivity index (χ4n) is 5.21. The number of nitrogen functional groups attached to an aromatic ring is 1. The Hall–Kier alpha value is -2.73. The van der Waals surface area contributed by atoms with Crippen molar-refractivity contribution in [2.24, 2.45) is 0 Å². The lowest BCUT2D eigenvalue weighted by atomic mass is 9.82. The predicted molar refractivity (Wildman–Crippen MR) is 124 cm³/mol. The van der Waals surface area contributed by atoms with Gasteiger partial charge in [-0.25, -0.2) is 4.98 Å². The molecule has 1 fully saturated rings. The topological polar surface area (TPSA) is 84.1 Å². The molecule has 2 aliphatic heterocycles. The summed E-state index contributed by atoms with van der Waals surface area (Å²) >= 11 is 0. The van der Waals surface area contributed by atoms with Crippen molar-refractivity contribution in [1.82, 2.24) is 20.2 Å². The summed E-state index contributed by atoms with van der Waals surface area (Å²) in [6, 6.07) is 7.88. The highest BCUT2D eigenvalue weighted by molar-refractivity contribution is 5.79. The van der Waals surface area contributed by atoms with E-state index in [1.807, 2.05) is 23.2 Å². The number of aromatic nitrogens is 2. The van der Waals surface area contributed by atoms with Crippen molar-refractivity contribution < 1.29 is 4.79 Å². The minimum absolute atomic E-state index is 0.00732. The lowest BCUT2D eigenvalue weighted by Gasteiger charge is -2.41. The molecule has 0 aliphatic carbocycles. The number of pyridine rings is 2. The van der Waals surface area contributed by atoms with Gasteiger partial charge in [-0.2, -0.15) is 0 Å². The van der Waals surface area contributed by atoms with Gasteiger partial charge in [-0.1, -0.05) is 17.7 Å². The highest BCUT2D eigenvalue weighted by Gasteiger charge is 2.35. The van der Waals surface area contributed by atoms with Gasteiger partial charge in [0.15, 0.2) is 0 Å². The second-order valence-electron chi connectivity index (χ2n) is 10.1. The second-order valence-corrected chi connectivity index (χ2v) is 10.1. The van der Waals surface area contributed by atoms with Gasteiger partial charge in [-0.05, 0) is 65.2 Å². The van der Waals surface area contributed by atoms with E-state index in [2.05, 4.69) is 50.1 Å². The van der Waals surface area contributed by atoms with Crippen LogP contribution in [-0.2, 0) is 4.79 Å². The Morgan fingerprint density at radius 1 is 1.13 bits per heavy atom. The molecule has 0 aromatic carbocycles. The Bertz CT molecular complexity index is 976. The molecule has 1 amide bonds. The molecule has 2 aromatic rings. The van der Waals surface area contributed by atoms with Crippen LogP contribution in [0.25, 0.3) is 11.1 Å². The Labute approximate surface area is 185 Å². The number of nitrogens with two attached hydrogens (primary N) is 1. The first-order valence-electron chi connectivity index (χ1n) is 11.1. The summed E-state index contributed by atoms with van der Waals surface area (Å²) in [4.78, 5) is 24.1. The van der Waals surface area contributed by atoms with Crippen LogP contribution < -0.4 is 11.1 Å². The fraction of sp³-hybridized carbons (Fsp3) is 0.480. The Morgan fingerprint density at radius 3 is 2.45 bits per heavy atom. The minimum Gasteiger partial charge on any atom is -0.384 e. The van der Waals surface area contributed by atoms with Crippen LogP contribution in [0.2, 0.25) is 0 Å². The van der Waals surface area contributed by atoms with E-state index in [1.54, 1.807) is 12.3 Å². The predicted octanol–water partition coefficient (Wildman–Crippen LogP) is 4.26. The van der Waals surface area contributed by atoms with Crippen molar-refractivity contribution in [3.8, 4) is 11.1 Å². The number of rotatable bonds is 4. The van der Waals surface area contributed by atoms with Gasteiger partial charge in [0, 0.05) is 47.6 Å². The van der Waals surface area contributed by atoms with E-state index in [4.69, 9.17) is 10.7 Å². The van der Waals surface area contributed by atoms with Gasteiger partial charge in [-0.15, -0.1) is 0 Å². The van der Waals surface area contributed by atoms with Gasteiger partial charge < -0.3 is 16.0 Å². The van der Waals surface area contributed by atoms with E-state index in [9.17, 15) is 4.79 Å². The summed E-state index contributed by atoms with van der Waals surface area (Å²) in [5.41, 5.74) is 9.73. The van der Waals surface area contributed by atoms with Crippen LogP contribution in [0.4, 0.5) is 5.82 Å². The standard InChI is InChI=1S/C25H33N5O/c1-24(2)13-17(14-25(3,4)29-24)12-23(31)30-11-5-6-21(30)20-9-7-18(15-27-20)19-8-10-22(26)28-16-19/h7-10,13,15-16,21,29H,5-6,11-12,14H2,1-4H3,(H2,26,28). The van der Waals surface area contributed by atoms with E-state index >= 15 is 0 Å². The number of hydrogen-bond donors (Lipinski definition) is 2. The molecule has 6 nitrogen and oxygen atoms in total. The zero-order valence-corrected chi connectivity index (χ0v) is 19.0. The number of carbonyl (C=O) groups excluding carboxylic acids is 1. The highest BCUT2D eigenvalue weighted by atomic mass is 16.2. The molecular formula is C25H33N5O. The number of nitrogens with zero attached hydrogens (tertiary/aromatic N) is 3. The molecule has 0 bridgehead atoms. The molecule has 31 heavy (non-hydrogen) atoms. The molecule has 2 aliphatic rings. The van der Waals surface area contributed by atoms with E-state index in [1.165, 1.54) is 5.57 Å². The number of anilines is 1. The molecule has 4 rings (SSSR count). The Morgan fingerprint density at radius 2 is 1.84 bits per heavy atom. The van der Waals surface area contributed by atoms with Crippen molar-refractivity contribution >= 4 is 11.7 Å². The average molecular weight is 420 g/mol. The number of nitrogens with one attached hydrogen (secondary N) is 1. The number of likely N-dealkylation sites (tertiary alicyclic amines) is 1. The second kappa shape index (κ2) is 8.08. The maximum Gasteiger partial charge on any atom is 0.227 e. The molecule has 0 radical (unpaired) electrons. The summed E-state index contributed by atoms with van der Waals surface area (Å²) in [5, 5.41) is 3.64. The monoisotopic (exact) mass is 419 g/mol. The molecule has 2 aromatic heterocycles. The van der Waals surface area contributed by atoms with Crippen molar-refractivity contribution in [2.75, 3.05) is 12.3 Å². The van der Waals surface area contributed by atoms with Crippen LogP contribution in [0.1, 0.15) is 65.1 Å². The SMILES string of the molecule is CC1(C)C=C(CC(=O)N2CCCC2c2ccc(-c3ccc(N)nc3)cn2)CC(C)(C)N1. The number of amides is 1. The van der Waals surface area contributed by atoms with Crippen LogP contribution in [-0.4, -0.2) is 38.4 Å². The zero-order chi connectivity index (χ0) is 22.2. The summed E-state index contributed by atoms with van der Waals surface area (Å²) < 4.78 is 0. The Kier molecular flexibility index (Phi) is 5.60. The van der Waals surface area contributed by atoms with Gasteiger partial charge in [-0.3, -0.25) is 9.78 Å². The summed E-state index contributed by atoms with van der Waals surface area (Å²) in [7, 11) is 0. The molecule has 6 heteroatoms. The van der Waals surface area contributed by atoms with Gasteiger partial charge >= 0.3 is 0 Å². The molecule has 0 saturated carbocycles. The largest absolute Gasteiger partial charge is 0.384 e. The molecule has 1 unspecified atom stereocenters. The third-order valence-electron chi connectivity index (χ3n) is 6.09. The van der Waals surface area contributed by atoms with E-state index < -0.39 is 0 Å². The molecule has 164 valence electrons. The summed E-state index contributed by atoms with van der Waals surface area (Å²) in [5.74, 6) is 0.708. The highest BCUT2D eigenvalue weighted by Crippen LogP contribution is 2.35. The molecule has 4 heterocycles. The third kappa shape index (κ3) is 4.96. The van der Waals surface area contributed by atoms with Crippen molar-refractivity contribution in [2.45, 2.75) is 70.5 Å². The van der Waals surface area contributed by atoms with Gasteiger partial charge in [0.1, 0.15) is 5.82 Å². The smallest absolute Gasteiger partial charge is 0.227 e. The van der Waals surface area contributed by atoms with Crippen LogP contribution in [0, 0.1) is 0 Å². The Balaban J connectivity index is 1.48. The van der Waals surface area contributed by atoms with Gasteiger partial charge in [0.2, 0.25) is 5.91 Å². The van der Waals surface area contributed by atoms with Crippen LogP contribution in [0.5, 0.6) is 0 Å². The first-order valence-corrected chi connectivity index (χ1v) is 11.1. The van der Waals surface area contributed by atoms with Gasteiger partial charge in [0.25, 0.3) is 0 Å². The molecule has 1 atom stereocenters. The lowest BCUT2D eigenvalue weighted by Crippen LogP contribution is -2.54. The molecular weight excluding hydrogens is 386 g/mol. The molecule has 1 saturated heterocycles. The van der Waals surface area contributed by atoms with E-state index in [-0.39, 0.29) is 23.0 Å². The number of carbonyl (C=O) groups is 1. The number of hydrogen-bond acceptors (Lipinski definition) is 5. The van der Waals surface area contributed by atoms with Crippen molar-refractivity contribution in [1.29, 1.82) is 0 Å². The summed E-state index contributed by atoms with van der Waals surface area (Å²) in [6.45, 7) is 9.53. The average Bonchev–Trinajstić information content (AvgIpc) is 3.16. The lowest BCUT2D eigenvalue weighted by molar-refractivity contribution is -0.131. The van der Waals surface area contributed by atoms with Crippen molar-refractivity contribution in [3.63, 3.8) is 0 Å². The minimum atomic E-state index is -0.101. The maximum atomic E-state index is 13.3. The molecule has 0 spiro atoms. The first kappa shape index (κ1) is 21.5. The van der Waals surface area contributed by atoms with E-state index in [0.29, 0.717) is 12.2 Å².